The second-order valence-electron chi connectivity index (χ2n) is 3.71. The Labute approximate surface area is 123 Å². The summed E-state index contributed by atoms with van der Waals surface area (Å²) in [5.74, 6) is -2.41. The fourth-order valence-corrected chi connectivity index (χ4v) is 0.911. The summed E-state index contributed by atoms with van der Waals surface area (Å²) in [6.45, 7) is 0.946. The maximum absolute atomic E-state index is 9.93. The Hall–Kier alpha value is -0.701. The van der Waals surface area contributed by atoms with Crippen LogP contribution in [0.3, 0.4) is 0 Å². The number of hydrogen-bond acceptors (Lipinski definition) is 8. The SMILES string of the molecule is NCCC[C@H](N)C(=O)[O-].NCCC[C@H](N)C(=O)[O-].[Cu+2]. The zero-order valence-corrected chi connectivity index (χ0v) is 11.6. The van der Waals surface area contributed by atoms with Gasteiger partial charge in [0, 0.05) is 12.1 Å². The molecule has 0 aromatic heterocycles. The molecule has 0 aromatic rings. The standard InChI is InChI=1S/2C5H12N2O2.Cu/c2*6-3-1-2-4(7)5(8)9;/h2*4H,1-3,6-7H2,(H,8,9);/q;;+2/p-2/t2*4-;/m00./s1. The van der Waals surface area contributed by atoms with Crippen molar-refractivity contribution in [2.24, 2.45) is 22.9 Å². The molecule has 0 unspecified atom stereocenters. The van der Waals surface area contributed by atoms with E-state index in [-0.39, 0.29) is 17.1 Å². The van der Waals surface area contributed by atoms with E-state index in [2.05, 4.69) is 0 Å². The predicted octanol–water partition coefficient (Wildman–Crippen LogP) is -4.40. The van der Waals surface area contributed by atoms with Crippen LogP contribution in [0.15, 0.2) is 0 Å². The van der Waals surface area contributed by atoms with E-state index in [0.29, 0.717) is 38.8 Å². The molecule has 2 atom stereocenters. The number of carbonyl (C=O) groups is 2. The van der Waals surface area contributed by atoms with Crippen LogP contribution in [0.5, 0.6) is 0 Å². The number of carbonyl (C=O) groups excluding carboxylic acids is 2. The fraction of sp³-hybridized carbons (Fsp3) is 0.800. The third kappa shape index (κ3) is 17.3. The molecule has 0 saturated carbocycles. The molecule has 0 aliphatic rings. The maximum atomic E-state index is 9.93. The molecule has 19 heavy (non-hydrogen) atoms. The van der Waals surface area contributed by atoms with Crippen LogP contribution in [0, 0.1) is 0 Å². The molecule has 8 nitrogen and oxygen atoms in total. The van der Waals surface area contributed by atoms with Gasteiger partial charge in [-0.15, -0.1) is 0 Å². The summed E-state index contributed by atoms with van der Waals surface area (Å²) >= 11 is 0. The second-order valence-corrected chi connectivity index (χ2v) is 3.71. The number of carboxylic acids is 2. The van der Waals surface area contributed by atoms with E-state index in [1.807, 2.05) is 0 Å². The monoisotopic (exact) mass is 325 g/mol. The Kier molecular flexibility index (Phi) is 18.9. The first-order valence-electron chi connectivity index (χ1n) is 5.69. The Morgan fingerprint density at radius 1 is 0.842 bits per heavy atom. The second kappa shape index (κ2) is 15.4. The summed E-state index contributed by atoms with van der Waals surface area (Å²) < 4.78 is 0. The summed E-state index contributed by atoms with van der Waals surface area (Å²) in [5, 5.41) is 19.9. The van der Waals surface area contributed by atoms with Crippen LogP contribution in [0.2, 0.25) is 0 Å². The van der Waals surface area contributed by atoms with Gasteiger partial charge in [0.15, 0.2) is 0 Å². The van der Waals surface area contributed by atoms with Crippen LogP contribution in [-0.4, -0.2) is 37.1 Å². The molecule has 0 aliphatic heterocycles. The van der Waals surface area contributed by atoms with Crippen LogP contribution >= 0.6 is 0 Å². The Balaban J connectivity index is -0.000000256. The van der Waals surface area contributed by atoms with E-state index < -0.39 is 24.0 Å². The van der Waals surface area contributed by atoms with Gasteiger partial charge in [0.1, 0.15) is 0 Å². The van der Waals surface area contributed by atoms with Crippen molar-refractivity contribution in [1.29, 1.82) is 0 Å². The van der Waals surface area contributed by atoms with Gasteiger partial charge < -0.3 is 42.7 Å². The van der Waals surface area contributed by atoms with Crippen molar-refractivity contribution in [3.63, 3.8) is 0 Å². The van der Waals surface area contributed by atoms with Gasteiger partial charge >= 0.3 is 17.1 Å². The van der Waals surface area contributed by atoms with E-state index in [9.17, 15) is 19.8 Å². The van der Waals surface area contributed by atoms with Gasteiger partial charge in [-0.2, -0.15) is 0 Å². The molecular weight excluding hydrogens is 304 g/mol. The average molecular weight is 326 g/mol. The summed E-state index contributed by atoms with van der Waals surface area (Å²) in [7, 11) is 0. The third-order valence-electron chi connectivity index (χ3n) is 2.04. The fourth-order valence-electron chi connectivity index (χ4n) is 0.911. The van der Waals surface area contributed by atoms with Gasteiger partial charge in [-0.3, -0.25) is 0 Å². The van der Waals surface area contributed by atoms with Crippen LogP contribution in [0.4, 0.5) is 0 Å². The number of rotatable bonds is 8. The molecule has 117 valence electrons. The Morgan fingerprint density at radius 3 is 1.26 bits per heavy atom. The first kappa shape index (κ1) is 23.4. The van der Waals surface area contributed by atoms with Crippen molar-refractivity contribution in [2.75, 3.05) is 13.1 Å². The molecule has 0 bridgehead atoms. The van der Waals surface area contributed by atoms with Gasteiger partial charge in [-0.1, -0.05) is 0 Å². The van der Waals surface area contributed by atoms with E-state index in [0.717, 1.165) is 0 Å². The zero-order chi connectivity index (χ0) is 14.6. The normalized spacial score (nSPS) is 12.4. The number of hydrogen-bond donors (Lipinski definition) is 4. The summed E-state index contributed by atoms with van der Waals surface area (Å²) in [6.07, 6.45) is 2.07. The molecule has 0 aliphatic carbocycles. The van der Waals surface area contributed by atoms with Gasteiger partial charge in [0.2, 0.25) is 0 Å². The quantitative estimate of drug-likeness (QED) is 0.322. The molecule has 8 N–H and O–H groups in total. The summed E-state index contributed by atoms with van der Waals surface area (Å²) in [6, 6.07) is -1.71. The Bertz CT molecular complexity index is 220. The van der Waals surface area contributed by atoms with Crippen LogP contribution < -0.4 is 33.1 Å². The predicted molar refractivity (Wildman–Crippen MR) is 62.5 cm³/mol. The number of nitrogens with two attached hydrogens (primary N) is 4. The maximum Gasteiger partial charge on any atom is 2.00 e. The van der Waals surface area contributed by atoms with Crippen molar-refractivity contribution in [3.8, 4) is 0 Å². The minimum Gasteiger partial charge on any atom is -0.548 e. The molecule has 0 saturated heterocycles. The third-order valence-corrected chi connectivity index (χ3v) is 2.04. The summed E-state index contributed by atoms with van der Waals surface area (Å²) in [5.41, 5.74) is 20.4. The van der Waals surface area contributed by atoms with Gasteiger partial charge in [0.25, 0.3) is 0 Å². The van der Waals surface area contributed by atoms with Crippen molar-refractivity contribution >= 4 is 11.9 Å². The first-order valence-corrected chi connectivity index (χ1v) is 5.69. The van der Waals surface area contributed by atoms with E-state index >= 15 is 0 Å². The topological polar surface area (TPSA) is 184 Å². The molecule has 0 aromatic carbocycles. The van der Waals surface area contributed by atoms with E-state index in [4.69, 9.17) is 22.9 Å². The van der Waals surface area contributed by atoms with Crippen molar-refractivity contribution in [2.45, 2.75) is 37.8 Å². The van der Waals surface area contributed by atoms with Crippen molar-refractivity contribution in [3.05, 3.63) is 0 Å². The van der Waals surface area contributed by atoms with E-state index in [1.54, 1.807) is 0 Å². The molecular formula is C10H22CuN4O4. The minimum absolute atomic E-state index is 0. The largest absolute Gasteiger partial charge is 2.00 e. The zero-order valence-electron chi connectivity index (χ0n) is 10.6. The van der Waals surface area contributed by atoms with Crippen molar-refractivity contribution in [1.82, 2.24) is 0 Å². The molecule has 0 heterocycles. The molecule has 0 fully saturated rings. The average Bonchev–Trinajstić information content (AvgIpc) is 2.33. The van der Waals surface area contributed by atoms with Crippen LogP contribution in [0.25, 0.3) is 0 Å². The Morgan fingerprint density at radius 2 is 1.11 bits per heavy atom. The minimum atomic E-state index is -1.21. The first-order chi connectivity index (χ1) is 8.36. The number of carboxylic acid groups (broad SMARTS) is 2. The molecule has 0 spiro atoms. The summed E-state index contributed by atoms with van der Waals surface area (Å²) in [4.78, 5) is 19.9. The molecule has 1 radical (unpaired) electrons. The van der Waals surface area contributed by atoms with Crippen LogP contribution in [0.1, 0.15) is 25.7 Å². The smallest absolute Gasteiger partial charge is 0.548 e. The molecule has 0 amide bonds. The van der Waals surface area contributed by atoms with Crippen LogP contribution in [-0.2, 0) is 26.7 Å². The van der Waals surface area contributed by atoms with Gasteiger partial charge in [0.05, 0.1) is 11.9 Å². The molecule has 0 rings (SSSR count). The van der Waals surface area contributed by atoms with Gasteiger partial charge in [-0.25, -0.2) is 0 Å². The van der Waals surface area contributed by atoms with Crippen molar-refractivity contribution < 1.29 is 36.9 Å². The number of aliphatic carboxylic acids is 2. The van der Waals surface area contributed by atoms with E-state index in [1.165, 1.54) is 0 Å². The molecule has 9 heteroatoms. The van der Waals surface area contributed by atoms with Gasteiger partial charge in [-0.05, 0) is 38.8 Å².